The van der Waals surface area contributed by atoms with Crippen LogP contribution in [0.15, 0.2) is 21.9 Å². The van der Waals surface area contributed by atoms with Crippen molar-refractivity contribution in [1.29, 1.82) is 0 Å². The number of rotatable bonds is 5. The van der Waals surface area contributed by atoms with E-state index in [1.54, 1.807) is 0 Å². The number of aromatic amines is 1. The minimum absolute atomic E-state index is 0.127. The first-order valence-corrected chi connectivity index (χ1v) is 8.04. The molecule has 0 bridgehead atoms. The number of nitrogens with zero attached hydrogens (tertiary/aromatic N) is 1. The van der Waals surface area contributed by atoms with Crippen molar-refractivity contribution in [2.45, 2.75) is 31.6 Å². The highest BCUT2D eigenvalue weighted by molar-refractivity contribution is 8.22. The summed E-state index contributed by atoms with van der Waals surface area (Å²) >= 11 is 0. The lowest BCUT2D eigenvalue weighted by Crippen LogP contribution is -2.31. The summed E-state index contributed by atoms with van der Waals surface area (Å²) < 4.78 is 28.6. The predicted octanol–water partition coefficient (Wildman–Crippen LogP) is 0.489. The molecule has 1 aromatic rings. The van der Waals surface area contributed by atoms with Crippen molar-refractivity contribution >= 4 is 10.8 Å². The lowest BCUT2D eigenvalue weighted by Gasteiger charge is -2.31. The number of ether oxygens (including phenoxy) is 1. The molecule has 4 N–H and O–H groups in total. The monoisotopic (exact) mass is 305 g/mol. The van der Waals surface area contributed by atoms with E-state index in [0.717, 1.165) is 6.42 Å². The smallest absolute Gasteiger partial charge is 0.330 e. The summed E-state index contributed by atoms with van der Waals surface area (Å²) in [4.78, 5) is 24.8. The topological polar surface area (TPSA) is 117 Å². The van der Waals surface area contributed by atoms with Crippen molar-refractivity contribution in [3.05, 3.63) is 33.1 Å². The highest BCUT2D eigenvalue weighted by Crippen LogP contribution is 2.36. The quantitative estimate of drug-likeness (QED) is 0.629. The lowest BCUT2D eigenvalue weighted by atomic mass is 10.2. The van der Waals surface area contributed by atoms with E-state index in [-0.39, 0.29) is 11.9 Å². The van der Waals surface area contributed by atoms with Gasteiger partial charge < -0.3 is 4.74 Å². The van der Waals surface area contributed by atoms with Crippen LogP contribution in [-0.2, 0) is 4.74 Å². The highest BCUT2D eigenvalue weighted by atomic mass is 32.3. The van der Waals surface area contributed by atoms with Gasteiger partial charge in [0.05, 0.1) is 11.9 Å². The maximum atomic E-state index is 11.6. The SMILES string of the molecule is CNS(O)(O)CCC1CCC(n2ccc(=O)[nH]c2=O)O1. The average molecular weight is 305 g/mol. The van der Waals surface area contributed by atoms with Crippen LogP contribution in [-0.4, -0.2) is 37.6 Å². The van der Waals surface area contributed by atoms with Crippen molar-refractivity contribution in [3.8, 4) is 0 Å². The third-order valence-corrected chi connectivity index (χ3v) is 4.76. The van der Waals surface area contributed by atoms with Crippen LogP contribution >= 0.6 is 10.8 Å². The van der Waals surface area contributed by atoms with Crippen LogP contribution in [0.3, 0.4) is 0 Å². The standard InChI is InChI=1S/C11H19N3O5S/c1-12-20(17,18)7-5-8-2-3-10(19-8)14-6-4-9(15)13-11(14)16/h4,6,8,10,12,17-18H,2-3,5,7H2,1H3,(H,13,15,16). The summed E-state index contributed by atoms with van der Waals surface area (Å²) in [7, 11) is -1.26. The van der Waals surface area contributed by atoms with E-state index < -0.39 is 28.3 Å². The van der Waals surface area contributed by atoms with Gasteiger partial charge in [-0.05, 0) is 19.3 Å². The van der Waals surface area contributed by atoms with E-state index in [0.29, 0.717) is 12.8 Å². The summed E-state index contributed by atoms with van der Waals surface area (Å²) in [5, 5.41) is 0. The number of hydrogen-bond acceptors (Lipinski definition) is 6. The molecule has 2 rings (SSSR count). The lowest BCUT2D eigenvalue weighted by molar-refractivity contribution is -0.00187. The minimum atomic E-state index is -2.75. The summed E-state index contributed by atoms with van der Waals surface area (Å²) in [6.07, 6.45) is 2.75. The Balaban J connectivity index is 1.95. The van der Waals surface area contributed by atoms with Gasteiger partial charge in [0.15, 0.2) is 0 Å². The predicted molar refractivity (Wildman–Crippen MR) is 75.9 cm³/mol. The number of hydrogen-bond donors (Lipinski definition) is 4. The van der Waals surface area contributed by atoms with Gasteiger partial charge in [0.2, 0.25) is 0 Å². The fourth-order valence-corrected chi connectivity index (χ4v) is 2.95. The van der Waals surface area contributed by atoms with Gasteiger partial charge in [-0.1, -0.05) is 0 Å². The van der Waals surface area contributed by atoms with Crippen LogP contribution in [0, 0.1) is 0 Å². The van der Waals surface area contributed by atoms with Crippen LogP contribution in [0.25, 0.3) is 0 Å². The molecule has 8 nitrogen and oxygen atoms in total. The molecule has 9 heteroatoms. The molecule has 2 unspecified atom stereocenters. The summed E-state index contributed by atoms with van der Waals surface area (Å²) in [5.41, 5.74) is -0.938. The van der Waals surface area contributed by atoms with Crippen molar-refractivity contribution in [2.24, 2.45) is 0 Å². The number of H-pyrrole nitrogens is 1. The highest BCUT2D eigenvalue weighted by Gasteiger charge is 2.28. The van der Waals surface area contributed by atoms with Crippen molar-refractivity contribution in [3.63, 3.8) is 0 Å². The molecule has 1 fully saturated rings. The van der Waals surface area contributed by atoms with E-state index in [2.05, 4.69) is 9.71 Å². The Morgan fingerprint density at radius 3 is 2.90 bits per heavy atom. The summed E-state index contributed by atoms with van der Waals surface area (Å²) in [5.74, 6) is 0.210. The van der Waals surface area contributed by atoms with Gasteiger partial charge in [0, 0.05) is 19.3 Å². The Labute approximate surface area is 117 Å². The van der Waals surface area contributed by atoms with E-state index >= 15 is 0 Å². The maximum absolute atomic E-state index is 11.6. The number of nitrogens with one attached hydrogen (secondary N) is 2. The molecule has 0 radical (unpaired) electrons. The Bertz CT molecular complexity index is 570. The Hall–Kier alpha value is -1.13. The first kappa shape index (κ1) is 15.3. The molecule has 0 aliphatic carbocycles. The molecule has 1 aromatic heterocycles. The van der Waals surface area contributed by atoms with Gasteiger partial charge in [-0.3, -0.25) is 23.5 Å². The van der Waals surface area contributed by atoms with Crippen molar-refractivity contribution in [1.82, 2.24) is 14.3 Å². The third kappa shape index (κ3) is 3.70. The van der Waals surface area contributed by atoms with E-state index in [1.807, 2.05) is 0 Å². The molecular weight excluding hydrogens is 286 g/mol. The van der Waals surface area contributed by atoms with Crippen LogP contribution in [0.1, 0.15) is 25.5 Å². The molecule has 1 saturated heterocycles. The molecule has 2 heterocycles. The minimum Gasteiger partial charge on any atom is -0.355 e. The molecule has 1 aliphatic heterocycles. The molecule has 2 atom stereocenters. The molecule has 0 saturated carbocycles. The number of aromatic nitrogens is 2. The second kappa shape index (κ2) is 6.10. The molecule has 0 amide bonds. The normalized spacial score (nSPS) is 23.9. The zero-order valence-electron chi connectivity index (χ0n) is 11.1. The second-order valence-corrected chi connectivity index (χ2v) is 6.82. The second-order valence-electron chi connectivity index (χ2n) is 4.67. The van der Waals surface area contributed by atoms with Crippen LogP contribution < -0.4 is 16.0 Å². The average Bonchev–Trinajstić information content (AvgIpc) is 2.85. The van der Waals surface area contributed by atoms with Gasteiger partial charge in [-0.25, -0.2) is 9.52 Å². The molecule has 1 aliphatic rings. The zero-order chi connectivity index (χ0) is 14.8. The summed E-state index contributed by atoms with van der Waals surface area (Å²) in [6.45, 7) is 0. The largest absolute Gasteiger partial charge is 0.355 e. The molecule has 0 spiro atoms. The van der Waals surface area contributed by atoms with Crippen LogP contribution in [0.5, 0.6) is 0 Å². The maximum Gasteiger partial charge on any atom is 0.330 e. The first-order chi connectivity index (χ1) is 9.41. The molecule has 20 heavy (non-hydrogen) atoms. The van der Waals surface area contributed by atoms with E-state index in [1.165, 1.54) is 23.9 Å². The van der Waals surface area contributed by atoms with Gasteiger partial charge in [-0.2, -0.15) is 0 Å². The van der Waals surface area contributed by atoms with Gasteiger partial charge in [-0.15, -0.1) is 10.8 Å². The van der Waals surface area contributed by atoms with Crippen molar-refractivity contribution < 1.29 is 13.8 Å². The fourth-order valence-electron chi connectivity index (χ4n) is 2.16. The molecular formula is C11H19N3O5S. The van der Waals surface area contributed by atoms with E-state index in [4.69, 9.17) is 4.74 Å². The van der Waals surface area contributed by atoms with Crippen LogP contribution in [0.4, 0.5) is 0 Å². The van der Waals surface area contributed by atoms with Gasteiger partial charge in [0.1, 0.15) is 6.23 Å². The van der Waals surface area contributed by atoms with Crippen LogP contribution in [0.2, 0.25) is 0 Å². The Morgan fingerprint density at radius 2 is 2.25 bits per heavy atom. The van der Waals surface area contributed by atoms with E-state index in [9.17, 15) is 18.7 Å². The van der Waals surface area contributed by atoms with Gasteiger partial charge in [0.25, 0.3) is 5.56 Å². The Morgan fingerprint density at radius 1 is 1.50 bits per heavy atom. The molecule has 0 aromatic carbocycles. The Kier molecular flexibility index (Phi) is 4.66. The fraction of sp³-hybridized carbons (Fsp3) is 0.636. The summed E-state index contributed by atoms with van der Waals surface area (Å²) in [6, 6.07) is 1.27. The van der Waals surface area contributed by atoms with Gasteiger partial charge >= 0.3 is 5.69 Å². The van der Waals surface area contributed by atoms with Crippen molar-refractivity contribution in [2.75, 3.05) is 12.8 Å². The third-order valence-electron chi connectivity index (χ3n) is 3.30. The first-order valence-electron chi connectivity index (χ1n) is 6.32. The zero-order valence-corrected chi connectivity index (χ0v) is 11.9. The molecule has 114 valence electrons.